The van der Waals surface area contributed by atoms with Crippen LogP contribution in [0, 0.1) is 13.8 Å². The van der Waals surface area contributed by atoms with Crippen LogP contribution in [-0.4, -0.2) is 26.3 Å². The molecule has 0 saturated heterocycles. The van der Waals surface area contributed by atoms with Crippen molar-refractivity contribution in [1.29, 1.82) is 0 Å². The number of carbonyl (C=O) groups is 2. The van der Waals surface area contributed by atoms with E-state index in [1.165, 1.54) is 23.7 Å². The second-order valence-corrected chi connectivity index (χ2v) is 5.50. The van der Waals surface area contributed by atoms with Crippen LogP contribution in [0.25, 0.3) is 0 Å². The summed E-state index contributed by atoms with van der Waals surface area (Å²) < 4.78 is 1.32. The van der Waals surface area contributed by atoms with Crippen molar-refractivity contribution in [1.82, 2.24) is 14.8 Å². The second-order valence-electron chi connectivity index (χ2n) is 4.65. The number of nitrogens with zero attached hydrogens (tertiary/aromatic N) is 3. The maximum Gasteiger partial charge on any atom is 0.196 e. The van der Waals surface area contributed by atoms with Gasteiger partial charge in [-0.25, -0.2) is 9.67 Å². The van der Waals surface area contributed by atoms with Gasteiger partial charge in [0.05, 0.1) is 5.02 Å². The molecule has 21 heavy (non-hydrogen) atoms. The summed E-state index contributed by atoms with van der Waals surface area (Å²) in [5.41, 5.74) is 0.230. The Kier molecular flexibility index (Phi) is 4.44. The van der Waals surface area contributed by atoms with Crippen molar-refractivity contribution in [2.45, 2.75) is 26.8 Å². The zero-order valence-corrected chi connectivity index (χ0v) is 13.2. The maximum atomic E-state index is 12.6. The Balaban J connectivity index is 2.50. The first-order valence-corrected chi connectivity index (χ1v) is 6.96. The molecule has 110 valence electrons. The van der Waals surface area contributed by atoms with E-state index in [4.69, 9.17) is 23.2 Å². The fourth-order valence-corrected chi connectivity index (χ4v) is 2.59. The lowest BCUT2D eigenvalue weighted by atomic mass is 10.0. The van der Waals surface area contributed by atoms with Gasteiger partial charge in [0.25, 0.3) is 0 Å². The van der Waals surface area contributed by atoms with E-state index in [1.807, 2.05) is 0 Å². The molecule has 1 aromatic carbocycles. The van der Waals surface area contributed by atoms with E-state index < -0.39 is 11.8 Å². The van der Waals surface area contributed by atoms with Gasteiger partial charge in [-0.15, -0.1) is 0 Å². The summed E-state index contributed by atoms with van der Waals surface area (Å²) >= 11 is 11.9. The Morgan fingerprint density at radius 1 is 1.24 bits per heavy atom. The van der Waals surface area contributed by atoms with Gasteiger partial charge < -0.3 is 0 Å². The summed E-state index contributed by atoms with van der Waals surface area (Å²) in [6.07, 6.45) is 0. The highest BCUT2D eigenvalue weighted by atomic mass is 35.5. The molecule has 1 atom stereocenters. The molecular weight excluding hydrogens is 313 g/mol. The Morgan fingerprint density at radius 2 is 1.90 bits per heavy atom. The number of benzene rings is 1. The average molecular weight is 326 g/mol. The van der Waals surface area contributed by atoms with Gasteiger partial charge in [-0.3, -0.25) is 9.59 Å². The van der Waals surface area contributed by atoms with E-state index in [1.54, 1.807) is 19.9 Å². The molecule has 0 aliphatic heterocycles. The van der Waals surface area contributed by atoms with Gasteiger partial charge in [0.1, 0.15) is 11.6 Å². The SMILES string of the molecule is CC(=O)C(C(=O)c1ccc(Cl)cc1Cl)n1nc(C)nc1C. The quantitative estimate of drug-likeness (QED) is 0.639. The molecule has 2 aromatic rings. The van der Waals surface area contributed by atoms with E-state index >= 15 is 0 Å². The van der Waals surface area contributed by atoms with Crippen LogP contribution in [0.3, 0.4) is 0 Å². The highest BCUT2D eigenvalue weighted by molar-refractivity contribution is 6.37. The summed E-state index contributed by atoms with van der Waals surface area (Å²) in [6, 6.07) is 3.44. The van der Waals surface area contributed by atoms with Crippen molar-refractivity contribution in [3.05, 3.63) is 45.5 Å². The van der Waals surface area contributed by atoms with Gasteiger partial charge in [0.15, 0.2) is 17.6 Å². The van der Waals surface area contributed by atoms with Gasteiger partial charge in [0, 0.05) is 10.6 Å². The number of carbonyl (C=O) groups excluding carboxylic acids is 2. The fourth-order valence-electron chi connectivity index (χ4n) is 2.09. The first kappa shape index (κ1) is 15.7. The van der Waals surface area contributed by atoms with Crippen molar-refractivity contribution in [2.75, 3.05) is 0 Å². The van der Waals surface area contributed by atoms with E-state index in [9.17, 15) is 9.59 Å². The molecule has 0 amide bonds. The summed E-state index contributed by atoms with van der Waals surface area (Å²) in [6.45, 7) is 4.72. The molecule has 0 radical (unpaired) electrons. The second kappa shape index (κ2) is 5.95. The third-order valence-corrected chi connectivity index (χ3v) is 3.53. The molecular formula is C14H13Cl2N3O2. The molecule has 1 unspecified atom stereocenters. The Labute approximate surface area is 131 Å². The molecule has 0 spiro atoms. The van der Waals surface area contributed by atoms with Crippen LogP contribution in [0.5, 0.6) is 0 Å². The largest absolute Gasteiger partial charge is 0.297 e. The van der Waals surface area contributed by atoms with E-state index in [-0.39, 0.29) is 16.4 Å². The molecule has 0 bridgehead atoms. The normalized spacial score (nSPS) is 12.2. The van der Waals surface area contributed by atoms with E-state index in [0.717, 1.165) is 0 Å². The molecule has 0 aliphatic carbocycles. The molecule has 1 heterocycles. The third kappa shape index (κ3) is 3.14. The van der Waals surface area contributed by atoms with Crippen molar-refractivity contribution >= 4 is 34.8 Å². The lowest BCUT2D eigenvalue weighted by Gasteiger charge is -2.15. The van der Waals surface area contributed by atoms with Crippen LogP contribution in [0.2, 0.25) is 10.0 Å². The zero-order valence-electron chi connectivity index (χ0n) is 11.7. The molecule has 0 aliphatic rings. The first-order valence-electron chi connectivity index (χ1n) is 6.20. The van der Waals surface area contributed by atoms with Crippen LogP contribution >= 0.6 is 23.2 Å². The molecule has 1 aromatic heterocycles. The van der Waals surface area contributed by atoms with Crippen molar-refractivity contribution in [3.8, 4) is 0 Å². The number of Topliss-reactive ketones (excluding diaryl/α,β-unsaturated/α-hetero) is 2. The van der Waals surface area contributed by atoms with Crippen molar-refractivity contribution < 1.29 is 9.59 Å². The molecule has 2 rings (SSSR count). The minimum atomic E-state index is -1.08. The number of ketones is 2. The van der Waals surface area contributed by atoms with Gasteiger partial charge in [-0.2, -0.15) is 5.10 Å². The molecule has 0 saturated carbocycles. The Bertz CT molecular complexity index is 725. The lowest BCUT2D eigenvalue weighted by molar-refractivity contribution is -0.119. The summed E-state index contributed by atoms with van der Waals surface area (Å²) in [7, 11) is 0. The average Bonchev–Trinajstić information content (AvgIpc) is 2.68. The topological polar surface area (TPSA) is 64.8 Å². The van der Waals surface area contributed by atoms with Crippen LogP contribution < -0.4 is 0 Å². The smallest absolute Gasteiger partial charge is 0.196 e. The van der Waals surface area contributed by atoms with Gasteiger partial charge in [-0.1, -0.05) is 23.2 Å². The third-order valence-electron chi connectivity index (χ3n) is 2.98. The van der Waals surface area contributed by atoms with Gasteiger partial charge in [-0.05, 0) is 39.0 Å². The number of halogens is 2. The first-order chi connectivity index (χ1) is 9.81. The molecule has 7 heteroatoms. The lowest BCUT2D eigenvalue weighted by Crippen LogP contribution is -2.28. The van der Waals surface area contributed by atoms with E-state index in [0.29, 0.717) is 16.7 Å². The highest BCUT2D eigenvalue weighted by Crippen LogP contribution is 2.25. The van der Waals surface area contributed by atoms with Crippen LogP contribution in [0.1, 0.15) is 35.0 Å². The highest BCUT2D eigenvalue weighted by Gasteiger charge is 2.30. The maximum absolute atomic E-state index is 12.6. The number of hydrogen-bond donors (Lipinski definition) is 0. The Morgan fingerprint density at radius 3 is 2.38 bits per heavy atom. The predicted octanol–water partition coefficient (Wildman–Crippen LogP) is 3.21. The number of hydrogen-bond acceptors (Lipinski definition) is 4. The van der Waals surface area contributed by atoms with Gasteiger partial charge in [0.2, 0.25) is 0 Å². The molecule has 0 fully saturated rings. The monoisotopic (exact) mass is 325 g/mol. The summed E-state index contributed by atoms with van der Waals surface area (Å²) in [4.78, 5) is 28.7. The minimum absolute atomic E-state index is 0.202. The van der Waals surface area contributed by atoms with Crippen LogP contribution in [0.15, 0.2) is 18.2 Å². The summed E-state index contributed by atoms with van der Waals surface area (Å²) in [5.74, 6) is 0.219. The minimum Gasteiger partial charge on any atom is -0.297 e. The van der Waals surface area contributed by atoms with Crippen molar-refractivity contribution in [2.24, 2.45) is 0 Å². The molecule has 0 N–H and O–H groups in total. The number of aryl methyl sites for hydroxylation is 2. The van der Waals surface area contributed by atoms with Crippen LogP contribution in [0.4, 0.5) is 0 Å². The number of aromatic nitrogens is 3. The summed E-state index contributed by atoms with van der Waals surface area (Å²) in [5, 5.41) is 4.74. The predicted molar refractivity (Wildman–Crippen MR) is 80.0 cm³/mol. The molecule has 5 nitrogen and oxygen atoms in total. The zero-order chi connectivity index (χ0) is 15.7. The van der Waals surface area contributed by atoms with E-state index in [2.05, 4.69) is 10.1 Å². The Hall–Kier alpha value is -1.72. The fraction of sp³-hybridized carbons (Fsp3) is 0.286. The van der Waals surface area contributed by atoms with Crippen LogP contribution in [-0.2, 0) is 4.79 Å². The standard InChI is InChI=1S/C14H13Cl2N3O2/c1-7(20)13(19-9(3)17-8(2)18-19)14(21)11-5-4-10(15)6-12(11)16/h4-6,13H,1-3H3. The number of rotatable bonds is 4. The van der Waals surface area contributed by atoms with Gasteiger partial charge >= 0.3 is 0 Å². The van der Waals surface area contributed by atoms with Crippen molar-refractivity contribution in [3.63, 3.8) is 0 Å².